The molecule has 0 radical (unpaired) electrons. The summed E-state index contributed by atoms with van der Waals surface area (Å²) in [6.07, 6.45) is 3.56. The molecular weight excluding hydrogens is 251 g/mol. The van der Waals surface area contributed by atoms with E-state index in [0.29, 0.717) is 0 Å². The zero-order chi connectivity index (χ0) is 14.5. The minimum Gasteiger partial charge on any atom is -0.310 e. The Kier molecular flexibility index (Phi) is 4.85. The van der Waals surface area contributed by atoms with E-state index in [1.807, 2.05) is 32.0 Å². The van der Waals surface area contributed by atoms with Crippen molar-refractivity contribution in [1.82, 2.24) is 10.3 Å². The topological polar surface area (TPSA) is 24.9 Å². The smallest absolute Gasteiger partial charge is 0.128 e. The monoisotopic (exact) mass is 272 g/mol. The van der Waals surface area contributed by atoms with Crippen molar-refractivity contribution < 1.29 is 4.39 Å². The average Bonchev–Trinajstić information content (AvgIpc) is 2.48. The average molecular weight is 272 g/mol. The number of aromatic nitrogens is 1. The van der Waals surface area contributed by atoms with Gasteiger partial charge in [-0.2, -0.15) is 0 Å². The Morgan fingerprint density at radius 2 is 1.90 bits per heavy atom. The lowest BCUT2D eigenvalue weighted by Crippen LogP contribution is -2.26. The van der Waals surface area contributed by atoms with Crippen molar-refractivity contribution in [3.8, 4) is 0 Å². The van der Waals surface area contributed by atoms with Crippen molar-refractivity contribution >= 4 is 0 Å². The first-order valence-corrected chi connectivity index (χ1v) is 7.02. The number of hydrogen-bond donors (Lipinski definition) is 1. The lowest BCUT2D eigenvalue weighted by Gasteiger charge is -2.26. The van der Waals surface area contributed by atoms with Gasteiger partial charge in [-0.25, -0.2) is 4.39 Å². The molecule has 0 aliphatic heterocycles. The van der Waals surface area contributed by atoms with Crippen molar-refractivity contribution in [3.05, 3.63) is 65.2 Å². The maximum Gasteiger partial charge on any atom is 0.128 e. The summed E-state index contributed by atoms with van der Waals surface area (Å²) in [5.74, 6) is 0.0247. The van der Waals surface area contributed by atoms with Gasteiger partial charge in [0.15, 0.2) is 0 Å². The summed E-state index contributed by atoms with van der Waals surface area (Å²) in [7, 11) is 0. The number of likely N-dealkylation sites (N-methyl/N-ethyl adjacent to an activating group) is 1. The second-order valence-electron chi connectivity index (χ2n) is 5.13. The molecule has 3 heteroatoms. The fourth-order valence-corrected chi connectivity index (χ4v) is 2.54. The van der Waals surface area contributed by atoms with Gasteiger partial charge >= 0.3 is 0 Å². The molecule has 1 N–H and O–H groups in total. The van der Waals surface area contributed by atoms with Crippen molar-refractivity contribution in [2.45, 2.75) is 32.7 Å². The van der Waals surface area contributed by atoms with Crippen molar-refractivity contribution in [3.63, 3.8) is 0 Å². The SMILES string of the molecule is CCNC(c1cc(C)ccc1F)C(C)c1ccncc1. The van der Waals surface area contributed by atoms with Crippen LogP contribution >= 0.6 is 0 Å². The molecule has 0 fully saturated rings. The molecule has 0 saturated heterocycles. The van der Waals surface area contributed by atoms with Gasteiger partial charge in [0, 0.05) is 29.9 Å². The van der Waals surface area contributed by atoms with Crippen LogP contribution in [0.25, 0.3) is 0 Å². The highest BCUT2D eigenvalue weighted by atomic mass is 19.1. The van der Waals surface area contributed by atoms with Crippen LogP contribution in [0.3, 0.4) is 0 Å². The van der Waals surface area contributed by atoms with Crippen LogP contribution in [0.1, 0.15) is 42.5 Å². The molecule has 1 aromatic heterocycles. The lowest BCUT2D eigenvalue weighted by molar-refractivity contribution is 0.455. The van der Waals surface area contributed by atoms with E-state index >= 15 is 0 Å². The number of benzene rings is 1. The van der Waals surface area contributed by atoms with Crippen LogP contribution in [-0.2, 0) is 0 Å². The molecule has 2 atom stereocenters. The Balaban J connectivity index is 2.38. The van der Waals surface area contributed by atoms with Gasteiger partial charge in [0.05, 0.1) is 0 Å². The first kappa shape index (κ1) is 14.7. The number of nitrogens with one attached hydrogen (secondary N) is 1. The number of pyridine rings is 1. The van der Waals surface area contributed by atoms with Crippen LogP contribution < -0.4 is 5.32 Å². The van der Waals surface area contributed by atoms with E-state index in [1.54, 1.807) is 24.5 Å². The van der Waals surface area contributed by atoms with Gasteiger partial charge in [-0.15, -0.1) is 0 Å². The van der Waals surface area contributed by atoms with Gasteiger partial charge in [-0.3, -0.25) is 4.98 Å². The lowest BCUT2D eigenvalue weighted by atomic mass is 9.88. The van der Waals surface area contributed by atoms with E-state index in [4.69, 9.17) is 0 Å². The molecule has 0 amide bonds. The molecule has 106 valence electrons. The van der Waals surface area contributed by atoms with Crippen molar-refractivity contribution in [2.24, 2.45) is 0 Å². The number of aryl methyl sites for hydroxylation is 1. The van der Waals surface area contributed by atoms with Crippen LogP contribution in [0.2, 0.25) is 0 Å². The summed E-state index contributed by atoms with van der Waals surface area (Å²) in [6.45, 7) is 6.95. The summed E-state index contributed by atoms with van der Waals surface area (Å²) >= 11 is 0. The number of rotatable bonds is 5. The van der Waals surface area contributed by atoms with E-state index in [-0.39, 0.29) is 17.8 Å². The predicted octanol–water partition coefficient (Wildman–Crippen LogP) is 3.98. The molecule has 2 unspecified atom stereocenters. The van der Waals surface area contributed by atoms with Crippen LogP contribution in [-0.4, -0.2) is 11.5 Å². The van der Waals surface area contributed by atoms with Gasteiger partial charge in [-0.05, 0) is 37.2 Å². The van der Waals surface area contributed by atoms with E-state index in [2.05, 4.69) is 17.2 Å². The normalized spacial score (nSPS) is 14.0. The zero-order valence-corrected chi connectivity index (χ0v) is 12.2. The first-order chi connectivity index (χ1) is 9.63. The van der Waals surface area contributed by atoms with Crippen LogP contribution in [0.4, 0.5) is 4.39 Å². The summed E-state index contributed by atoms with van der Waals surface area (Å²) in [5, 5.41) is 3.40. The van der Waals surface area contributed by atoms with Crippen LogP contribution in [0.5, 0.6) is 0 Å². The molecule has 0 spiro atoms. The third-order valence-electron chi connectivity index (χ3n) is 3.64. The molecule has 0 bridgehead atoms. The summed E-state index contributed by atoms with van der Waals surface area (Å²) in [4.78, 5) is 4.04. The predicted molar refractivity (Wildman–Crippen MR) is 80.2 cm³/mol. The van der Waals surface area contributed by atoms with E-state index in [1.165, 1.54) is 0 Å². The van der Waals surface area contributed by atoms with E-state index in [0.717, 1.165) is 23.2 Å². The van der Waals surface area contributed by atoms with Crippen molar-refractivity contribution in [1.29, 1.82) is 0 Å². The minimum absolute atomic E-state index is 0.0395. The third kappa shape index (κ3) is 3.23. The molecule has 0 aliphatic carbocycles. The highest BCUT2D eigenvalue weighted by Crippen LogP contribution is 2.32. The highest BCUT2D eigenvalue weighted by molar-refractivity contribution is 5.30. The van der Waals surface area contributed by atoms with Crippen LogP contribution in [0.15, 0.2) is 42.7 Å². The van der Waals surface area contributed by atoms with Gasteiger partial charge in [-0.1, -0.05) is 31.5 Å². The fraction of sp³-hybridized carbons (Fsp3) is 0.353. The van der Waals surface area contributed by atoms with Gasteiger partial charge in [0.2, 0.25) is 0 Å². The molecule has 1 heterocycles. The Labute approximate surface area is 120 Å². The number of hydrogen-bond acceptors (Lipinski definition) is 2. The number of halogens is 1. The Hall–Kier alpha value is -1.74. The van der Waals surface area contributed by atoms with Crippen LogP contribution in [0, 0.1) is 12.7 Å². The molecule has 2 aromatic rings. The van der Waals surface area contributed by atoms with Gasteiger partial charge in [0.25, 0.3) is 0 Å². The Morgan fingerprint density at radius 1 is 1.20 bits per heavy atom. The highest BCUT2D eigenvalue weighted by Gasteiger charge is 2.22. The summed E-state index contributed by atoms with van der Waals surface area (Å²) in [5.41, 5.74) is 2.97. The Morgan fingerprint density at radius 3 is 2.55 bits per heavy atom. The second kappa shape index (κ2) is 6.62. The maximum atomic E-state index is 14.2. The molecule has 2 nitrogen and oxygen atoms in total. The maximum absolute atomic E-state index is 14.2. The van der Waals surface area contributed by atoms with E-state index < -0.39 is 0 Å². The summed E-state index contributed by atoms with van der Waals surface area (Å²) < 4.78 is 14.2. The molecular formula is C17H21FN2. The molecule has 0 saturated carbocycles. The summed E-state index contributed by atoms with van der Waals surface area (Å²) in [6, 6.07) is 9.22. The standard InChI is InChI=1S/C17H21FN2/c1-4-20-17(13(3)14-7-9-19-10-8-14)15-11-12(2)5-6-16(15)18/h5-11,13,17,20H,4H2,1-3H3. The molecule has 20 heavy (non-hydrogen) atoms. The zero-order valence-electron chi connectivity index (χ0n) is 12.2. The third-order valence-corrected chi connectivity index (χ3v) is 3.64. The largest absolute Gasteiger partial charge is 0.310 e. The quantitative estimate of drug-likeness (QED) is 0.890. The van der Waals surface area contributed by atoms with Gasteiger partial charge < -0.3 is 5.32 Å². The van der Waals surface area contributed by atoms with E-state index in [9.17, 15) is 4.39 Å². The molecule has 0 aliphatic rings. The number of nitrogens with zero attached hydrogens (tertiary/aromatic N) is 1. The molecule has 1 aromatic carbocycles. The first-order valence-electron chi connectivity index (χ1n) is 7.02. The minimum atomic E-state index is -0.151. The Bertz CT molecular complexity index is 554. The second-order valence-corrected chi connectivity index (χ2v) is 5.13. The fourth-order valence-electron chi connectivity index (χ4n) is 2.54. The molecule has 2 rings (SSSR count). The van der Waals surface area contributed by atoms with Gasteiger partial charge in [0.1, 0.15) is 5.82 Å². The van der Waals surface area contributed by atoms with Crippen molar-refractivity contribution in [2.75, 3.05) is 6.54 Å².